The first-order chi connectivity index (χ1) is 10.3. The molecule has 1 unspecified atom stereocenters. The Balaban J connectivity index is 1.71. The maximum absolute atomic E-state index is 12.0. The van der Waals surface area contributed by atoms with Crippen LogP contribution in [0.4, 0.5) is 4.79 Å². The maximum Gasteiger partial charge on any atom is 0.318 e. The van der Waals surface area contributed by atoms with Crippen LogP contribution in [0.5, 0.6) is 0 Å². The molecule has 0 radical (unpaired) electrons. The van der Waals surface area contributed by atoms with Crippen molar-refractivity contribution in [3.8, 4) is 0 Å². The van der Waals surface area contributed by atoms with E-state index >= 15 is 0 Å². The Hall–Kier alpha value is -1.63. The van der Waals surface area contributed by atoms with Crippen LogP contribution >= 0.6 is 0 Å². The number of carbonyl (C=O) groups excluding carboxylic acids is 1. The summed E-state index contributed by atoms with van der Waals surface area (Å²) in [5, 5.41) is 6.96. The third kappa shape index (κ3) is 3.02. The number of hydrogen-bond acceptors (Lipinski definition) is 5. The van der Waals surface area contributed by atoms with Gasteiger partial charge in [0.2, 0.25) is 5.89 Å². The molecule has 2 aliphatic heterocycles. The lowest BCUT2D eigenvalue weighted by Gasteiger charge is -2.22. The molecule has 0 bridgehead atoms. The number of urea groups is 1. The molecule has 1 N–H and O–H groups in total. The van der Waals surface area contributed by atoms with Crippen LogP contribution in [0.15, 0.2) is 4.52 Å². The molecule has 7 nitrogen and oxygen atoms in total. The summed E-state index contributed by atoms with van der Waals surface area (Å²) >= 11 is 0. The molecule has 0 saturated carbocycles. The van der Waals surface area contributed by atoms with Gasteiger partial charge in [0.15, 0.2) is 5.82 Å². The van der Waals surface area contributed by atoms with E-state index in [0.29, 0.717) is 18.4 Å². The van der Waals surface area contributed by atoms with Gasteiger partial charge in [0.25, 0.3) is 0 Å². The number of nitrogens with zero attached hydrogens (tertiary/aromatic N) is 3. The van der Waals surface area contributed by atoms with E-state index < -0.39 is 0 Å². The number of likely N-dealkylation sites (tertiary alicyclic amines) is 1. The Bertz CT molecular complexity index is 484. The number of amides is 2. The third-order valence-electron chi connectivity index (χ3n) is 4.17. The SMILES string of the molecule is CCNC(=O)N1CCCC1c1nc(C2CCOCC2)no1. The Morgan fingerprint density at radius 1 is 1.38 bits per heavy atom. The molecule has 0 aromatic carbocycles. The molecule has 1 aromatic heterocycles. The number of nitrogens with one attached hydrogen (secondary N) is 1. The first kappa shape index (κ1) is 14.3. The molecule has 0 spiro atoms. The largest absolute Gasteiger partial charge is 0.381 e. The highest BCUT2D eigenvalue weighted by Crippen LogP contribution is 2.32. The van der Waals surface area contributed by atoms with Gasteiger partial charge < -0.3 is 19.5 Å². The van der Waals surface area contributed by atoms with Crippen LogP contribution in [0, 0.1) is 0 Å². The van der Waals surface area contributed by atoms with Crippen LogP contribution in [0.3, 0.4) is 0 Å². The van der Waals surface area contributed by atoms with Crippen molar-refractivity contribution in [3.63, 3.8) is 0 Å². The van der Waals surface area contributed by atoms with Crippen molar-refractivity contribution < 1.29 is 14.1 Å². The first-order valence-electron chi connectivity index (χ1n) is 7.75. The molecule has 2 aliphatic rings. The predicted molar refractivity (Wildman–Crippen MR) is 74.8 cm³/mol. The molecule has 3 heterocycles. The standard InChI is InChI=1S/C14H22N4O3/c1-2-15-14(19)18-7-3-4-11(18)13-16-12(17-21-13)10-5-8-20-9-6-10/h10-11H,2-9H2,1H3,(H,15,19). The zero-order valence-electron chi connectivity index (χ0n) is 12.4. The molecular weight excluding hydrogens is 272 g/mol. The monoisotopic (exact) mass is 294 g/mol. The van der Waals surface area contributed by atoms with E-state index in [-0.39, 0.29) is 12.1 Å². The van der Waals surface area contributed by atoms with Crippen LogP contribution in [0.1, 0.15) is 56.3 Å². The number of ether oxygens (including phenoxy) is 1. The molecule has 7 heteroatoms. The fourth-order valence-electron chi connectivity index (χ4n) is 3.02. The van der Waals surface area contributed by atoms with Gasteiger partial charge in [0.1, 0.15) is 6.04 Å². The Morgan fingerprint density at radius 3 is 2.95 bits per heavy atom. The van der Waals surface area contributed by atoms with Gasteiger partial charge in [-0.3, -0.25) is 0 Å². The molecule has 0 aliphatic carbocycles. The van der Waals surface area contributed by atoms with Crippen LogP contribution in [0.2, 0.25) is 0 Å². The van der Waals surface area contributed by atoms with Gasteiger partial charge >= 0.3 is 6.03 Å². The second-order valence-corrected chi connectivity index (χ2v) is 5.56. The van der Waals surface area contributed by atoms with E-state index in [9.17, 15) is 4.79 Å². The Morgan fingerprint density at radius 2 is 2.19 bits per heavy atom. The minimum absolute atomic E-state index is 0.0502. The van der Waals surface area contributed by atoms with E-state index in [1.54, 1.807) is 4.90 Å². The summed E-state index contributed by atoms with van der Waals surface area (Å²) in [6, 6.07) is -0.136. The van der Waals surface area contributed by atoms with Crippen molar-refractivity contribution in [2.24, 2.45) is 0 Å². The van der Waals surface area contributed by atoms with Gasteiger partial charge in [-0.2, -0.15) is 4.98 Å². The molecular formula is C14H22N4O3. The summed E-state index contributed by atoms with van der Waals surface area (Å²) in [7, 11) is 0. The molecule has 116 valence electrons. The molecule has 1 aromatic rings. The van der Waals surface area contributed by atoms with E-state index in [2.05, 4.69) is 15.5 Å². The maximum atomic E-state index is 12.0. The fraction of sp³-hybridized carbons (Fsp3) is 0.786. The average molecular weight is 294 g/mol. The first-order valence-corrected chi connectivity index (χ1v) is 7.75. The van der Waals surface area contributed by atoms with Gasteiger partial charge in [-0.1, -0.05) is 5.16 Å². The van der Waals surface area contributed by atoms with Crippen molar-refractivity contribution in [3.05, 3.63) is 11.7 Å². The second-order valence-electron chi connectivity index (χ2n) is 5.56. The molecule has 2 saturated heterocycles. The lowest BCUT2D eigenvalue weighted by molar-refractivity contribution is 0.0830. The summed E-state index contributed by atoms with van der Waals surface area (Å²) in [6.45, 7) is 4.79. The van der Waals surface area contributed by atoms with Crippen LogP contribution in [-0.2, 0) is 4.74 Å². The lowest BCUT2D eigenvalue weighted by atomic mass is 10.00. The van der Waals surface area contributed by atoms with E-state index in [1.165, 1.54) is 0 Å². The normalized spacial score (nSPS) is 23.5. The average Bonchev–Trinajstić information content (AvgIpc) is 3.17. The summed E-state index contributed by atoms with van der Waals surface area (Å²) < 4.78 is 10.8. The van der Waals surface area contributed by atoms with E-state index in [1.807, 2.05) is 6.92 Å². The molecule has 2 amide bonds. The summed E-state index contributed by atoms with van der Waals surface area (Å²) in [4.78, 5) is 18.4. The minimum atomic E-state index is -0.0855. The lowest BCUT2D eigenvalue weighted by Crippen LogP contribution is -2.39. The number of carbonyl (C=O) groups is 1. The van der Waals surface area contributed by atoms with Crippen molar-refractivity contribution in [2.75, 3.05) is 26.3 Å². The molecule has 3 rings (SSSR count). The van der Waals surface area contributed by atoms with Crippen molar-refractivity contribution in [1.29, 1.82) is 0 Å². The predicted octanol–water partition coefficient (Wildman–Crippen LogP) is 1.83. The quantitative estimate of drug-likeness (QED) is 0.920. The third-order valence-corrected chi connectivity index (χ3v) is 4.17. The smallest absolute Gasteiger partial charge is 0.318 e. The van der Waals surface area contributed by atoms with Gasteiger partial charge in [-0.05, 0) is 32.6 Å². The molecule has 1 atom stereocenters. The number of hydrogen-bond donors (Lipinski definition) is 1. The Labute approximate surface area is 124 Å². The van der Waals surface area contributed by atoms with Crippen molar-refractivity contribution >= 4 is 6.03 Å². The Kier molecular flexibility index (Phi) is 4.38. The summed E-state index contributed by atoms with van der Waals surface area (Å²) in [6.07, 6.45) is 3.72. The fourth-order valence-corrected chi connectivity index (χ4v) is 3.02. The van der Waals surface area contributed by atoms with Crippen molar-refractivity contribution in [2.45, 2.75) is 44.6 Å². The topological polar surface area (TPSA) is 80.5 Å². The zero-order valence-corrected chi connectivity index (χ0v) is 12.4. The van der Waals surface area contributed by atoms with Gasteiger partial charge in [-0.15, -0.1) is 0 Å². The van der Waals surface area contributed by atoms with E-state index in [4.69, 9.17) is 9.26 Å². The van der Waals surface area contributed by atoms with Crippen LogP contribution in [0.25, 0.3) is 0 Å². The molecule has 21 heavy (non-hydrogen) atoms. The van der Waals surface area contributed by atoms with Crippen molar-refractivity contribution in [1.82, 2.24) is 20.4 Å². The summed E-state index contributed by atoms with van der Waals surface area (Å²) in [5.41, 5.74) is 0. The molecule has 2 fully saturated rings. The number of aromatic nitrogens is 2. The van der Waals surface area contributed by atoms with E-state index in [0.717, 1.165) is 51.3 Å². The minimum Gasteiger partial charge on any atom is -0.381 e. The highest BCUT2D eigenvalue weighted by molar-refractivity contribution is 5.74. The van der Waals surface area contributed by atoms with Gasteiger partial charge in [0, 0.05) is 32.2 Å². The van der Waals surface area contributed by atoms with Gasteiger partial charge in [0.05, 0.1) is 0 Å². The van der Waals surface area contributed by atoms with Crippen LogP contribution in [-0.4, -0.2) is 47.4 Å². The highest BCUT2D eigenvalue weighted by Gasteiger charge is 2.34. The second kappa shape index (κ2) is 6.43. The summed E-state index contributed by atoms with van der Waals surface area (Å²) in [5.74, 6) is 1.65. The highest BCUT2D eigenvalue weighted by atomic mass is 16.5. The zero-order chi connectivity index (χ0) is 14.7. The van der Waals surface area contributed by atoms with Gasteiger partial charge in [-0.25, -0.2) is 4.79 Å². The number of rotatable bonds is 3. The van der Waals surface area contributed by atoms with Crippen LogP contribution < -0.4 is 5.32 Å².